The summed E-state index contributed by atoms with van der Waals surface area (Å²) in [5.74, 6) is 0.205. The summed E-state index contributed by atoms with van der Waals surface area (Å²) in [5.41, 5.74) is -0.597. The molecule has 2 nitrogen and oxygen atoms in total. The van der Waals surface area contributed by atoms with Crippen LogP contribution in [0.15, 0.2) is 0 Å². The molecule has 0 bridgehead atoms. The van der Waals surface area contributed by atoms with E-state index in [2.05, 4.69) is 13.0 Å². The first-order valence-electron chi connectivity index (χ1n) is 8.70. The van der Waals surface area contributed by atoms with Crippen LogP contribution in [0.3, 0.4) is 0 Å². The van der Waals surface area contributed by atoms with E-state index in [0.29, 0.717) is 6.42 Å². The zero-order valence-electron chi connectivity index (χ0n) is 13.3. The van der Waals surface area contributed by atoms with E-state index in [1.54, 1.807) is 0 Å². The lowest BCUT2D eigenvalue weighted by atomic mass is 9.81. The summed E-state index contributed by atoms with van der Waals surface area (Å²) in [5, 5.41) is 9.26. The largest absolute Gasteiger partial charge is 0.298 e. The molecule has 0 amide bonds. The van der Waals surface area contributed by atoms with Crippen LogP contribution in [-0.2, 0) is 4.79 Å². The predicted molar refractivity (Wildman–Crippen MR) is 83.4 cm³/mol. The molecule has 2 heteroatoms. The van der Waals surface area contributed by atoms with Gasteiger partial charge in [0.2, 0.25) is 0 Å². The third-order valence-electron chi connectivity index (χ3n) is 4.71. The number of Topliss-reactive ketones (excluding diaryl/α,β-unsaturated/α-hetero) is 1. The molecule has 1 saturated carbocycles. The average Bonchev–Trinajstić information content (AvgIpc) is 2.82. The van der Waals surface area contributed by atoms with Crippen LogP contribution in [0.2, 0.25) is 0 Å². The van der Waals surface area contributed by atoms with Crippen LogP contribution in [0.4, 0.5) is 0 Å². The monoisotopic (exact) mass is 277 g/mol. The minimum absolute atomic E-state index is 0.205. The van der Waals surface area contributed by atoms with E-state index in [0.717, 1.165) is 25.7 Å². The number of carbonyl (C=O) groups excluding carboxylic acids is 1. The summed E-state index contributed by atoms with van der Waals surface area (Å²) >= 11 is 0. The summed E-state index contributed by atoms with van der Waals surface area (Å²) in [6, 6.07) is 2.31. The fraction of sp³-hybridized carbons (Fsp3) is 0.889. The number of unbranched alkanes of at least 4 members (excludes halogenated alkanes) is 9. The van der Waals surface area contributed by atoms with Crippen molar-refractivity contribution in [3.8, 4) is 6.07 Å². The fourth-order valence-corrected chi connectivity index (χ4v) is 3.28. The molecule has 0 N–H and O–H groups in total. The van der Waals surface area contributed by atoms with Gasteiger partial charge < -0.3 is 0 Å². The van der Waals surface area contributed by atoms with Crippen LogP contribution in [0.5, 0.6) is 0 Å². The summed E-state index contributed by atoms with van der Waals surface area (Å²) < 4.78 is 0. The van der Waals surface area contributed by atoms with Gasteiger partial charge in [-0.25, -0.2) is 0 Å². The minimum atomic E-state index is -0.597. The van der Waals surface area contributed by atoms with Crippen molar-refractivity contribution in [2.24, 2.45) is 5.41 Å². The Bertz CT molecular complexity index is 318. The molecule has 0 aromatic rings. The van der Waals surface area contributed by atoms with E-state index in [1.807, 2.05) is 0 Å². The lowest BCUT2D eigenvalue weighted by molar-refractivity contribution is -0.123. The van der Waals surface area contributed by atoms with Gasteiger partial charge in [-0.05, 0) is 19.3 Å². The molecule has 0 spiro atoms. The highest BCUT2D eigenvalue weighted by Crippen LogP contribution is 2.38. The molecule has 0 heterocycles. The molecule has 1 unspecified atom stereocenters. The minimum Gasteiger partial charge on any atom is -0.298 e. The molecule has 1 rings (SSSR count). The molecule has 0 aromatic carbocycles. The van der Waals surface area contributed by atoms with Gasteiger partial charge in [0.25, 0.3) is 0 Å². The van der Waals surface area contributed by atoms with E-state index in [1.165, 1.54) is 57.8 Å². The Kier molecular flexibility index (Phi) is 8.58. The third-order valence-corrected chi connectivity index (χ3v) is 4.71. The van der Waals surface area contributed by atoms with Crippen molar-refractivity contribution in [2.45, 2.75) is 96.8 Å². The van der Waals surface area contributed by atoms with E-state index >= 15 is 0 Å². The van der Waals surface area contributed by atoms with Gasteiger partial charge >= 0.3 is 0 Å². The Morgan fingerprint density at radius 3 is 2.00 bits per heavy atom. The lowest BCUT2D eigenvalue weighted by Gasteiger charge is -2.17. The van der Waals surface area contributed by atoms with Gasteiger partial charge in [0.05, 0.1) is 6.07 Å². The molecule has 114 valence electrons. The Balaban J connectivity index is 1.97. The zero-order valence-corrected chi connectivity index (χ0v) is 13.3. The Labute approximate surface area is 124 Å². The molecule has 20 heavy (non-hydrogen) atoms. The summed E-state index contributed by atoms with van der Waals surface area (Å²) in [6.45, 7) is 2.25. The van der Waals surface area contributed by atoms with Gasteiger partial charge in [0.15, 0.2) is 5.78 Å². The van der Waals surface area contributed by atoms with Crippen molar-refractivity contribution in [2.75, 3.05) is 0 Å². The summed E-state index contributed by atoms with van der Waals surface area (Å²) in [4.78, 5) is 11.8. The molecule has 0 saturated heterocycles. The highest BCUT2D eigenvalue weighted by Gasteiger charge is 2.41. The molecular weight excluding hydrogens is 246 g/mol. The number of nitriles is 1. The van der Waals surface area contributed by atoms with Gasteiger partial charge in [0.1, 0.15) is 5.41 Å². The molecule has 1 aliphatic carbocycles. The highest BCUT2D eigenvalue weighted by atomic mass is 16.1. The first-order valence-corrected chi connectivity index (χ1v) is 8.70. The fourth-order valence-electron chi connectivity index (χ4n) is 3.28. The zero-order chi connectivity index (χ0) is 14.7. The molecule has 1 fully saturated rings. The second kappa shape index (κ2) is 9.97. The van der Waals surface area contributed by atoms with E-state index in [-0.39, 0.29) is 5.78 Å². The Hall–Kier alpha value is -0.840. The van der Waals surface area contributed by atoms with Crippen molar-refractivity contribution in [3.05, 3.63) is 0 Å². The Morgan fingerprint density at radius 2 is 1.55 bits per heavy atom. The van der Waals surface area contributed by atoms with Crippen LogP contribution >= 0.6 is 0 Å². The first kappa shape index (κ1) is 17.2. The average molecular weight is 277 g/mol. The van der Waals surface area contributed by atoms with E-state index in [9.17, 15) is 10.1 Å². The van der Waals surface area contributed by atoms with Gasteiger partial charge in [-0.3, -0.25) is 4.79 Å². The quantitative estimate of drug-likeness (QED) is 0.464. The SMILES string of the molecule is CCCCCCCCCCCCC1(C#N)CCCC1=O. The molecule has 1 atom stereocenters. The van der Waals surface area contributed by atoms with Gasteiger partial charge in [-0.15, -0.1) is 0 Å². The number of carbonyl (C=O) groups is 1. The number of nitrogens with zero attached hydrogens (tertiary/aromatic N) is 1. The van der Waals surface area contributed by atoms with Crippen LogP contribution in [0.1, 0.15) is 96.8 Å². The van der Waals surface area contributed by atoms with Gasteiger partial charge in [-0.2, -0.15) is 5.26 Å². The normalized spacial score (nSPS) is 22.1. The maximum absolute atomic E-state index is 11.8. The van der Waals surface area contributed by atoms with Crippen LogP contribution < -0.4 is 0 Å². The lowest BCUT2D eigenvalue weighted by Crippen LogP contribution is -2.23. The molecule has 0 aromatic heterocycles. The Morgan fingerprint density at radius 1 is 1.00 bits per heavy atom. The second-order valence-electron chi connectivity index (χ2n) is 6.40. The first-order chi connectivity index (χ1) is 9.75. The highest BCUT2D eigenvalue weighted by molar-refractivity contribution is 5.89. The maximum atomic E-state index is 11.8. The molecule has 0 aliphatic heterocycles. The standard InChI is InChI=1S/C18H31NO/c1-2-3-4-5-6-7-8-9-10-11-14-18(16-19)15-12-13-17(18)20/h2-15H2,1H3. The topological polar surface area (TPSA) is 40.9 Å². The van der Waals surface area contributed by atoms with Crippen molar-refractivity contribution < 1.29 is 4.79 Å². The van der Waals surface area contributed by atoms with Crippen LogP contribution in [-0.4, -0.2) is 5.78 Å². The number of rotatable bonds is 11. The summed E-state index contributed by atoms with van der Waals surface area (Å²) in [6.07, 6.45) is 16.2. The number of ketones is 1. The smallest absolute Gasteiger partial charge is 0.153 e. The van der Waals surface area contributed by atoms with E-state index < -0.39 is 5.41 Å². The van der Waals surface area contributed by atoms with Gasteiger partial charge in [-0.1, -0.05) is 71.1 Å². The number of hydrogen-bond acceptors (Lipinski definition) is 2. The van der Waals surface area contributed by atoms with Gasteiger partial charge in [0, 0.05) is 6.42 Å². The maximum Gasteiger partial charge on any atom is 0.153 e. The van der Waals surface area contributed by atoms with Crippen LogP contribution in [0, 0.1) is 16.7 Å². The molecular formula is C18H31NO. The third kappa shape index (κ3) is 5.65. The summed E-state index contributed by atoms with van der Waals surface area (Å²) in [7, 11) is 0. The van der Waals surface area contributed by atoms with Crippen molar-refractivity contribution in [3.63, 3.8) is 0 Å². The molecule has 0 radical (unpaired) electrons. The predicted octanol–water partition coefficient (Wildman–Crippen LogP) is 5.56. The van der Waals surface area contributed by atoms with E-state index in [4.69, 9.17) is 0 Å². The van der Waals surface area contributed by atoms with Crippen molar-refractivity contribution >= 4 is 5.78 Å². The van der Waals surface area contributed by atoms with Crippen LogP contribution in [0.25, 0.3) is 0 Å². The van der Waals surface area contributed by atoms with Crippen molar-refractivity contribution in [1.82, 2.24) is 0 Å². The van der Waals surface area contributed by atoms with Crippen molar-refractivity contribution in [1.29, 1.82) is 5.26 Å². The number of hydrogen-bond donors (Lipinski definition) is 0. The second-order valence-corrected chi connectivity index (χ2v) is 6.40. The molecule has 1 aliphatic rings.